The van der Waals surface area contributed by atoms with Crippen LogP contribution in [0.3, 0.4) is 0 Å². The summed E-state index contributed by atoms with van der Waals surface area (Å²) in [6.45, 7) is 2.28. The lowest BCUT2D eigenvalue weighted by atomic mass is 10.0. The van der Waals surface area contributed by atoms with Gasteiger partial charge in [-0.25, -0.2) is 0 Å². The topological polar surface area (TPSA) is 63.7 Å². The molecule has 0 unspecified atom stereocenters. The van der Waals surface area contributed by atoms with E-state index in [1.807, 2.05) is 31.2 Å². The minimum absolute atomic E-state index is 0.0844. The lowest BCUT2D eigenvalue weighted by Gasteiger charge is -2.16. The Bertz CT molecular complexity index is 553. The molecule has 0 saturated carbocycles. The van der Waals surface area contributed by atoms with Crippen LogP contribution in [0.15, 0.2) is 24.3 Å². The van der Waals surface area contributed by atoms with E-state index in [9.17, 15) is 14.4 Å². The van der Waals surface area contributed by atoms with Crippen LogP contribution in [0.25, 0.3) is 0 Å². The highest BCUT2D eigenvalue weighted by molar-refractivity contribution is 6.04. The molecule has 1 aliphatic heterocycles. The van der Waals surface area contributed by atoms with Crippen molar-refractivity contribution in [1.29, 1.82) is 0 Å². The second-order valence-electron chi connectivity index (χ2n) is 4.96. The molecule has 1 aromatic rings. The number of benzene rings is 1. The number of ether oxygens (including phenoxy) is 1. The molecule has 0 aliphatic carbocycles. The monoisotopic (exact) mass is 275 g/mol. The summed E-state index contributed by atoms with van der Waals surface area (Å²) >= 11 is 0. The van der Waals surface area contributed by atoms with E-state index in [-0.39, 0.29) is 24.5 Å². The van der Waals surface area contributed by atoms with E-state index in [2.05, 4.69) is 4.74 Å². The molecule has 0 bridgehead atoms. The highest BCUT2D eigenvalue weighted by atomic mass is 16.5. The molecule has 106 valence electrons. The summed E-state index contributed by atoms with van der Waals surface area (Å²) in [6, 6.07) is 7.58. The minimum Gasteiger partial charge on any atom is -0.469 e. The zero-order chi connectivity index (χ0) is 14.7. The SMILES string of the molecule is COC(=O)CC(=O)[C@H]1CC(=O)N(c2cccc(C)c2)C1. The summed E-state index contributed by atoms with van der Waals surface area (Å²) in [7, 11) is 1.24. The molecule has 1 saturated heterocycles. The first-order chi connectivity index (χ1) is 9.51. The van der Waals surface area contributed by atoms with Crippen molar-refractivity contribution in [2.24, 2.45) is 5.92 Å². The Morgan fingerprint density at radius 2 is 2.15 bits per heavy atom. The zero-order valence-corrected chi connectivity index (χ0v) is 11.6. The van der Waals surface area contributed by atoms with Crippen molar-refractivity contribution >= 4 is 23.3 Å². The largest absolute Gasteiger partial charge is 0.469 e. The summed E-state index contributed by atoms with van der Waals surface area (Å²) in [5, 5.41) is 0. The van der Waals surface area contributed by atoms with E-state index < -0.39 is 11.9 Å². The fourth-order valence-electron chi connectivity index (χ4n) is 2.33. The van der Waals surface area contributed by atoms with Gasteiger partial charge in [0.25, 0.3) is 0 Å². The molecule has 1 amide bonds. The Morgan fingerprint density at radius 3 is 2.80 bits per heavy atom. The van der Waals surface area contributed by atoms with Crippen molar-refractivity contribution < 1.29 is 19.1 Å². The van der Waals surface area contributed by atoms with Crippen molar-refractivity contribution in [3.8, 4) is 0 Å². The summed E-state index contributed by atoms with van der Waals surface area (Å²) in [6.07, 6.45) is -0.111. The highest BCUT2D eigenvalue weighted by Crippen LogP contribution is 2.26. The predicted octanol–water partition coefficient (Wildman–Crippen LogP) is 1.48. The summed E-state index contributed by atoms with van der Waals surface area (Å²) < 4.78 is 4.48. The van der Waals surface area contributed by atoms with E-state index in [0.717, 1.165) is 11.3 Å². The van der Waals surface area contributed by atoms with Crippen LogP contribution in [0.4, 0.5) is 5.69 Å². The Labute approximate surface area is 117 Å². The molecular formula is C15H17NO4. The summed E-state index contributed by atoms with van der Waals surface area (Å²) in [5.41, 5.74) is 1.85. The van der Waals surface area contributed by atoms with E-state index >= 15 is 0 Å². The lowest BCUT2D eigenvalue weighted by Crippen LogP contribution is -2.26. The molecule has 0 N–H and O–H groups in total. The highest BCUT2D eigenvalue weighted by Gasteiger charge is 2.35. The first kappa shape index (κ1) is 14.2. The molecule has 0 spiro atoms. The van der Waals surface area contributed by atoms with Gasteiger partial charge < -0.3 is 9.64 Å². The maximum Gasteiger partial charge on any atom is 0.313 e. The maximum atomic E-state index is 12.0. The van der Waals surface area contributed by atoms with Gasteiger partial charge in [0.1, 0.15) is 12.2 Å². The number of hydrogen-bond donors (Lipinski definition) is 0. The number of anilines is 1. The van der Waals surface area contributed by atoms with Crippen molar-refractivity contribution in [3.63, 3.8) is 0 Å². The second-order valence-corrected chi connectivity index (χ2v) is 4.96. The Balaban J connectivity index is 2.07. The number of carbonyl (C=O) groups excluding carboxylic acids is 3. The molecule has 1 atom stereocenters. The summed E-state index contributed by atoms with van der Waals surface area (Å²) in [4.78, 5) is 36.7. The lowest BCUT2D eigenvalue weighted by molar-refractivity contribution is -0.144. The van der Waals surface area contributed by atoms with E-state index in [1.54, 1.807) is 4.90 Å². The van der Waals surface area contributed by atoms with Gasteiger partial charge in [-0.15, -0.1) is 0 Å². The average molecular weight is 275 g/mol. The van der Waals surface area contributed by atoms with Gasteiger partial charge in [-0.3, -0.25) is 14.4 Å². The third-order valence-electron chi connectivity index (χ3n) is 3.44. The Kier molecular flexibility index (Phi) is 4.17. The molecule has 2 rings (SSSR count). The third-order valence-corrected chi connectivity index (χ3v) is 3.44. The van der Waals surface area contributed by atoms with Gasteiger partial charge in [0, 0.05) is 24.6 Å². The minimum atomic E-state index is -0.559. The molecule has 20 heavy (non-hydrogen) atoms. The fraction of sp³-hybridized carbons (Fsp3) is 0.400. The van der Waals surface area contributed by atoms with E-state index in [4.69, 9.17) is 0 Å². The predicted molar refractivity (Wildman–Crippen MR) is 73.3 cm³/mol. The first-order valence-corrected chi connectivity index (χ1v) is 6.48. The van der Waals surface area contributed by atoms with Gasteiger partial charge in [0.05, 0.1) is 7.11 Å². The third kappa shape index (κ3) is 3.04. The number of aryl methyl sites for hydroxylation is 1. The van der Waals surface area contributed by atoms with Crippen molar-refractivity contribution in [2.75, 3.05) is 18.6 Å². The first-order valence-electron chi connectivity index (χ1n) is 6.48. The molecule has 0 radical (unpaired) electrons. The van der Waals surface area contributed by atoms with Crippen molar-refractivity contribution in [3.05, 3.63) is 29.8 Å². The van der Waals surface area contributed by atoms with E-state index in [0.29, 0.717) is 6.54 Å². The number of carbonyl (C=O) groups is 3. The average Bonchev–Trinajstić information content (AvgIpc) is 2.80. The van der Waals surface area contributed by atoms with Gasteiger partial charge in [-0.1, -0.05) is 12.1 Å². The number of rotatable bonds is 4. The van der Waals surface area contributed by atoms with Gasteiger partial charge >= 0.3 is 5.97 Å². The van der Waals surface area contributed by atoms with Crippen LogP contribution >= 0.6 is 0 Å². The van der Waals surface area contributed by atoms with Crippen molar-refractivity contribution in [1.82, 2.24) is 0 Å². The van der Waals surface area contributed by atoms with Crippen LogP contribution in [-0.2, 0) is 19.1 Å². The molecule has 5 heteroatoms. The number of esters is 1. The van der Waals surface area contributed by atoms with Gasteiger partial charge in [0.2, 0.25) is 5.91 Å². The summed E-state index contributed by atoms with van der Waals surface area (Å²) in [5.74, 6) is -1.31. The van der Waals surface area contributed by atoms with Gasteiger partial charge in [0.15, 0.2) is 0 Å². The normalized spacial score (nSPS) is 18.2. The zero-order valence-electron chi connectivity index (χ0n) is 11.6. The van der Waals surface area contributed by atoms with Crippen molar-refractivity contribution in [2.45, 2.75) is 19.8 Å². The van der Waals surface area contributed by atoms with Crippen LogP contribution in [0.2, 0.25) is 0 Å². The van der Waals surface area contributed by atoms with Crippen LogP contribution in [-0.4, -0.2) is 31.3 Å². The Hall–Kier alpha value is -2.17. The second kappa shape index (κ2) is 5.86. The molecule has 1 heterocycles. The van der Waals surface area contributed by atoms with Gasteiger partial charge in [-0.2, -0.15) is 0 Å². The molecule has 1 aliphatic rings. The quantitative estimate of drug-likeness (QED) is 0.617. The van der Waals surface area contributed by atoms with Crippen LogP contribution in [0.5, 0.6) is 0 Å². The fourth-order valence-corrected chi connectivity index (χ4v) is 2.33. The number of Topliss-reactive ketones (excluding diaryl/α,β-unsaturated/α-hetero) is 1. The van der Waals surface area contributed by atoms with E-state index in [1.165, 1.54) is 7.11 Å². The number of hydrogen-bond acceptors (Lipinski definition) is 4. The number of amides is 1. The van der Waals surface area contributed by atoms with Crippen LogP contribution < -0.4 is 4.90 Å². The number of ketones is 1. The number of methoxy groups -OCH3 is 1. The molecular weight excluding hydrogens is 258 g/mol. The van der Waals surface area contributed by atoms with Gasteiger partial charge in [-0.05, 0) is 24.6 Å². The standard InChI is InChI=1S/C15H17NO4/c1-10-4-3-5-12(6-10)16-9-11(7-14(16)18)13(17)8-15(19)20-2/h3-6,11H,7-9H2,1-2H3/t11-/m0/s1. The molecule has 5 nitrogen and oxygen atoms in total. The molecule has 1 aromatic carbocycles. The van der Waals surface area contributed by atoms with Crippen LogP contribution in [0.1, 0.15) is 18.4 Å². The molecule has 1 fully saturated rings. The molecule has 0 aromatic heterocycles. The smallest absolute Gasteiger partial charge is 0.313 e. The van der Waals surface area contributed by atoms with Crippen LogP contribution in [0, 0.1) is 12.8 Å². The Morgan fingerprint density at radius 1 is 1.40 bits per heavy atom. The number of nitrogens with zero attached hydrogens (tertiary/aromatic N) is 1. The maximum absolute atomic E-state index is 12.0.